The maximum Gasteiger partial charge on any atom is 0.242 e. The molecule has 1 aliphatic rings. The molecule has 1 aliphatic carbocycles. The van der Waals surface area contributed by atoms with Crippen molar-refractivity contribution < 1.29 is 4.79 Å². The number of carbonyl (C=O) groups excluding carboxylic acids is 1. The van der Waals surface area contributed by atoms with E-state index in [4.69, 9.17) is 11.6 Å². The highest BCUT2D eigenvalue weighted by Gasteiger charge is 2.30. The third-order valence-corrected chi connectivity index (χ3v) is 4.28. The molecule has 23 heavy (non-hydrogen) atoms. The van der Waals surface area contributed by atoms with Gasteiger partial charge in [0.1, 0.15) is 6.04 Å². The predicted octanol–water partition coefficient (Wildman–Crippen LogP) is 3.79. The first-order valence-electron chi connectivity index (χ1n) is 7.93. The second kappa shape index (κ2) is 7.16. The van der Waals surface area contributed by atoms with Gasteiger partial charge >= 0.3 is 0 Å². The minimum atomic E-state index is -0.296. The van der Waals surface area contributed by atoms with Crippen molar-refractivity contribution in [2.75, 3.05) is 7.05 Å². The second-order valence-electron chi connectivity index (χ2n) is 6.14. The van der Waals surface area contributed by atoms with Crippen LogP contribution in [0.2, 0.25) is 5.02 Å². The van der Waals surface area contributed by atoms with Crippen LogP contribution in [0.4, 0.5) is 0 Å². The van der Waals surface area contributed by atoms with E-state index in [-0.39, 0.29) is 11.9 Å². The number of hydrogen-bond donors (Lipinski definition) is 1. The van der Waals surface area contributed by atoms with Gasteiger partial charge in [-0.05, 0) is 43.1 Å². The van der Waals surface area contributed by atoms with Crippen LogP contribution in [-0.2, 0) is 11.3 Å². The molecule has 0 heterocycles. The van der Waals surface area contributed by atoms with E-state index in [2.05, 4.69) is 10.2 Å². The Balaban J connectivity index is 1.80. The van der Waals surface area contributed by atoms with Crippen LogP contribution >= 0.6 is 11.6 Å². The minimum Gasteiger partial charge on any atom is -0.352 e. The van der Waals surface area contributed by atoms with Gasteiger partial charge in [0.2, 0.25) is 5.91 Å². The average molecular weight is 329 g/mol. The fourth-order valence-corrected chi connectivity index (χ4v) is 2.98. The molecule has 2 aromatic rings. The van der Waals surface area contributed by atoms with E-state index in [1.54, 1.807) is 0 Å². The molecule has 1 fully saturated rings. The van der Waals surface area contributed by atoms with Gasteiger partial charge in [0.25, 0.3) is 0 Å². The Morgan fingerprint density at radius 1 is 1.22 bits per heavy atom. The summed E-state index contributed by atoms with van der Waals surface area (Å²) in [5, 5.41) is 3.84. The second-order valence-corrected chi connectivity index (χ2v) is 6.58. The van der Waals surface area contributed by atoms with E-state index < -0.39 is 0 Å². The molecular weight excluding hydrogens is 308 g/mol. The molecule has 0 spiro atoms. The normalized spacial score (nSPS) is 15.4. The Kier molecular flexibility index (Phi) is 4.99. The van der Waals surface area contributed by atoms with Crippen molar-refractivity contribution in [3.63, 3.8) is 0 Å². The highest BCUT2D eigenvalue weighted by atomic mass is 35.5. The zero-order valence-corrected chi connectivity index (χ0v) is 14.0. The van der Waals surface area contributed by atoms with Crippen LogP contribution in [0.1, 0.15) is 30.0 Å². The quantitative estimate of drug-likeness (QED) is 0.875. The van der Waals surface area contributed by atoms with E-state index in [1.807, 2.05) is 61.6 Å². The third-order valence-electron chi connectivity index (χ3n) is 4.05. The fourth-order valence-electron chi connectivity index (χ4n) is 2.76. The predicted molar refractivity (Wildman–Crippen MR) is 93.3 cm³/mol. The van der Waals surface area contributed by atoms with Crippen molar-refractivity contribution in [1.29, 1.82) is 0 Å². The van der Waals surface area contributed by atoms with Gasteiger partial charge < -0.3 is 5.32 Å². The first-order chi connectivity index (χ1) is 11.1. The van der Waals surface area contributed by atoms with Crippen LogP contribution in [0.25, 0.3) is 0 Å². The number of halogens is 1. The first kappa shape index (κ1) is 16.0. The molecule has 2 aromatic carbocycles. The van der Waals surface area contributed by atoms with Gasteiger partial charge in [-0.2, -0.15) is 0 Å². The molecule has 4 heteroatoms. The Morgan fingerprint density at radius 3 is 2.61 bits per heavy atom. The average Bonchev–Trinajstić information content (AvgIpc) is 3.32. The van der Waals surface area contributed by atoms with Crippen molar-refractivity contribution in [1.82, 2.24) is 10.2 Å². The Hall–Kier alpha value is -1.84. The lowest BCUT2D eigenvalue weighted by Gasteiger charge is -2.27. The standard InChI is InChI=1S/C19H21ClN2O/c1-22(13-14-6-5-9-16(20)12-14)18(15-7-3-2-4-8-15)19(23)21-17-10-11-17/h2-9,12,17-18H,10-11,13H2,1H3,(H,21,23). The van der Waals surface area contributed by atoms with Crippen LogP contribution in [-0.4, -0.2) is 23.9 Å². The number of carbonyl (C=O) groups is 1. The van der Waals surface area contributed by atoms with Gasteiger partial charge in [-0.1, -0.05) is 54.1 Å². The maximum absolute atomic E-state index is 12.7. The summed E-state index contributed by atoms with van der Waals surface area (Å²) in [6.45, 7) is 0.665. The van der Waals surface area contributed by atoms with Gasteiger partial charge in [-0.25, -0.2) is 0 Å². The summed E-state index contributed by atoms with van der Waals surface area (Å²) in [7, 11) is 1.98. The Bertz CT molecular complexity index is 670. The lowest BCUT2D eigenvalue weighted by Crippen LogP contribution is -2.39. The van der Waals surface area contributed by atoms with E-state index in [0.717, 1.165) is 29.0 Å². The summed E-state index contributed by atoms with van der Waals surface area (Å²) in [6.07, 6.45) is 2.18. The zero-order valence-electron chi connectivity index (χ0n) is 13.2. The fraction of sp³-hybridized carbons (Fsp3) is 0.316. The highest BCUT2D eigenvalue weighted by molar-refractivity contribution is 6.30. The van der Waals surface area contributed by atoms with Crippen LogP contribution < -0.4 is 5.32 Å². The lowest BCUT2D eigenvalue weighted by molar-refractivity contribution is -0.126. The van der Waals surface area contributed by atoms with Crippen molar-refractivity contribution in [2.45, 2.75) is 31.5 Å². The Morgan fingerprint density at radius 2 is 1.96 bits per heavy atom. The SMILES string of the molecule is CN(Cc1cccc(Cl)c1)C(C(=O)NC1CC1)c1ccccc1. The summed E-state index contributed by atoms with van der Waals surface area (Å²) < 4.78 is 0. The van der Waals surface area contributed by atoms with Crippen molar-refractivity contribution in [3.8, 4) is 0 Å². The van der Waals surface area contributed by atoms with Crippen LogP contribution in [0, 0.1) is 0 Å². The van der Waals surface area contributed by atoms with Crippen LogP contribution in [0.5, 0.6) is 0 Å². The highest BCUT2D eigenvalue weighted by Crippen LogP contribution is 2.25. The van der Waals surface area contributed by atoms with E-state index in [1.165, 1.54) is 0 Å². The zero-order chi connectivity index (χ0) is 16.2. The topological polar surface area (TPSA) is 32.3 Å². The minimum absolute atomic E-state index is 0.0724. The van der Waals surface area contributed by atoms with E-state index in [9.17, 15) is 4.79 Å². The molecule has 0 aliphatic heterocycles. The molecule has 1 N–H and O–H groups in total. The van der Waals surface area contributed by atoms with Gasteiger partial charge in [0, 0.05) is 17.6 Å². The number of nitrogens with zero attached hydrogens (tertiary/aromatic N) is 1. The third kappa shape index (κ3) is 4.34. The number of benzene rings is 2. The number of nitrogens with one attached hydrogen (secondary N) is 1. The maximum atomic E-state index is 12.7. The van der Waals surface area contributed by atoms with E-state index >= 15 is 0 Å². The molecule has 3 rings (SSSR count). The van der Waals surface area contributed by atoms with Gasteiger partial charge in [0.05, 0.1) is 0 Å². The molecular formula is C19H21ClN2O. The van der Waals surface area contributed by atoms with Crippen molar-refractivity contribution >= 4 is 17.5 Å². The number of likely N-dealkylation sites (N-methyl/N-ethyl adjacent to an activating group) is 1. The molecule has 120 valence electrons. The first-order valence-corrected chi connectivity index (χ1v) is 8.31. The summed E-state index contributed by atoms with van der Waals surface area (Å²) in [6, 6.07) is 17.8. The summed E-state index contributed by atoms with van der Waals surface area (Å²) in [4.78, 5) is 14.8. The largest absolute Gasteiger partial charge is 0.352 e. The van der Waals surface area contributed by atoms with Gasteiger partial charge in [0.15, 0.2) is 0 Å². The van der Waals surface area contributed by atoms with Gasteiger partial charge in [-0.3, -0.25) is 9.69 Å². The Labute approximate surface area is 142 Å². The smallest absolute Gasteiger partial charge is 0.242 e. The number of hydrogen-bond acceptors (Lipinski definition) is 2. The van der Waals surface area contributed by atoms with E-state index in [0.29, 0.717) is 12.6 Å². The lowest BCUT2D eigenvalue weighted by atomic mass is 10.0. The molecule has 1 atom stereocenters. The van der Waals surface area contributed by atoms with Crippen LogP contribution in [0.15, 0.2) is 54.6 Å². The number of amides is 1. The molecule has 0 radical (unpaired) electrons. The molecule has 0 saturated heterocycles. The molecule has 0 aromatic heterocycles. The summed E-state index contributed by atoms with van der Waals surface area (Å²) in [5.41, 5.74) is 2.11. The number of rotatable bonds is 6. The molecule has 1 unspecified atom stereocenters. The van der Waals surface area contributed by atoms with Crippen molar-refractivity contribution in [2.24, 2.45) is 0 Å². The summed E-state index contributed by atoms with van der Waals surface area (Å²) >= 11 is 6.07. The molecule has 1 amide bonds. The monoisotopic (exact) mass is 328 g/mol. The summed E-state index contributed by atoms with van der Waals surface area (Å²) in [5.74, 6) is 0.0724. The van der Waals surface area contributed by atoms with Crippen molar-refractivity contribution in [3.05, 3.63) is 70.7 Å². The van der Waals surface area contributed by atoms with Gasteiger partial charge in [-0.15, -0.1) is 0 Å². The van der Waals surface area contributed by atoms with Crippen LogP contribution in [0.3, 0.4) is 0 Å². The molecule has 1 saturated carbocycles. The molecule has 0 bridgehead atoms. The molecule has 3 nitrogen and oxygen atoms in total.